The maximum atomic E-state index is 2.33. The van der Waals surface area contributed by atoms with E-state index in [0.717, 1.165) is 5.92 Å². The van der Waals surface area contributed by atoms with Crippen LogP contribution in [0.3, 0.4) is 0 Å². The quantitative estimate of drug-likeness (QED) is 0.319. The van der Waals surface area contributed by atoms with Crippen LogP contribution in [0.5, 0.6) is 0 Å². The van der Waals surface area contributed by atoms with Crippen molar-refractivity contribution in [3.63, 3.8) is 0 Å². The van der Waals surface area contributed by atoms with E-state index < -0.39 is 0 Å². The van der Waals surface area contributed by atoms with Gasteiger partial charge in [-0.15, -0.1) is 0 Å². The van der Waals surface area contributed by atoms with Crippen molar-refractivity contribution in [2.45, 2.75) is 78.6 Å². The van der Waals surface area contributed by atoms with Crippen LogP contribution in [-0.2, 0) is 0 Å². The highest BCUT2D eigenvalue weighted by Gasteiger charge is 1.94. The topological polar surface area (TPSA) is 0 Å². The van der Waals surface area contributed by atoms with Gasteiger partial charge in [-0.25, -0.2) is 0 Å². The minimum Gasteiger partial charge on any atom is -0.0888 e. The van der Waals surface area contributed by atoms with Gasteiger partial charge in [-0.2, -0.15) is 0 Å². The van der Waals surface area contributed by atoms with Crippen molar-refractivity contribution < 1.29 is 0 Å². The zero-order valence-electron chi connectivity index (χ0n) is 11.1. The van der Waals surface area contributed by atoms with E-state index in [0.29, 0.717) is 0 Å². The fraction of sp³-hybridized carbons (Fsp3) is 0.867. The van der Waals surface area contributed by atoms with Crippen LogP contribution in [0.25, 0.3) is 0 Å². The zero-order valence-corrected chi connectivity index (χ0v) is 11.1. The first kappa shape index (κ1) is 14.7. The van der Waals surface area contributed by atoms with Crippen LogP contribution in [0.2, 0.25) is 0 Å². The zero-order chi connectivity index (χ0) is 11.4. The van der Waals surface area contributed by atoms with Gasteiger partial charge in [0.25, 0.3) is 0 Å². The molecule has 90 valence electrons. The van der Waals surface area contributed by atoms with Gasteiger partial charge in [0.2, 0.25) is 0 Å². The van der Waals surface area contributed by atoms with E-state index >= 15 is 0 Å². The normalized spacial score (nSPS) is 11.7. The summed E-state index contributed by atoms with van der Waals surface area (Å²) in [5, 5.41) is 0. The van der Waals surface area contributed by atoms with Crippen LogP contribution in [0.1, 0.15) is 78.6 Å². The molecule has 0 spiro atoms. The molecule has 0 N–H and O–H groups in total. The minimum absolute atomic E-state index is 0.893. The Labute approximate surface area is 97.2 Å². The van der Waals surface area contributed by atoms with Gasteiger partial charge in [0.15, 0.2) is 0 Å². The van der Waals surface area contributed by atoms with Gasteiger partial charge >= 0.3 is 0 Å². The van der Waals surface area contributed by atoms with Crippen LogP contribution in [0.4, 0.5) is 0 Å². The van der Waals surface area contributed by atoms with Crippen molar-refractivity contribution in [3.8, 4) is 0 Å². The Kier molecular flexibility index (Phi) is 11.6. The molecule has 0 saturated carbocycles. The Morgan fingerprint density at radius 2 is 1.40 bits per heavy atom. The molecule has 0 heterocycles. The van der Waals surface area contributed by atoms with E-state index in [-0.39, 0.29) is 0 Å². The molecule has 0 rings (SSSR count). The first-order chi connectivity index (χ1) is 7.27. The van der Waals surface area contributed by atoms with E-state index in [1.165, 1.54) is 57.8 Å². The molecule has 0 unspecified atom stereocenters. The summed E-state index contributed by atoms with van der Waals surface area (Å²) in [6, 6.07) is 0. The standard InChI is InChI=1S/C15H30/c1-4-5-6-7-8-9-10-11-12-13-14-15(2)3/h5-6,15H,4,7-14H2,1-3H3/b6-5+. The molecule has 0 nitrogen and oxygen atoms in total. The molecule has 0 aromatic rings. The maximum Gasteiger partial charge on any atom is -0.0351 e. The summed E-state index contributed by atoms with van der Waals surface area (Å²) in [5.41, 5.74) is 0. The van der Waals surface area contributed by atoms with Gasteiger partial charge < -0.3 is 0 Å². The highest BCUT2D eigenvalue weighted by molar-refractivity contribution is 4.79. The lowest BCUT2D eigenvalue weighted by molar-refractivity contribution is 0.512. The molecule has 0 bridgehead atoms. The third-order valence-electron chi connectivity index (χ3n) is 2.80. The van der Waals surface area contributed by atoms with Gasteiger partial charge in [0.05, 0.1) is 0 Å². The van der Waals surface area contributed by atoms with Crippen molar-refractivity contribution in [2.24, 2.45) is 5.92 Å². The lowest BCUT2D eigenvalue weighted by Gasteiger charge is -2.03. The molecule has 0 amide bonds. The smallest absolute Gasteiger partial charge is 0.0351 e. The Morgan fingerprint density at radius 1 is 0.800 bits per heavy atom. The summed E-state index contributed by atoms with van der Waals surface area (Å²) in [7, 11) is 0. The fourth-order valence-electron chi connectivity index (χ4n) is 1.81. The molecule has 0 heteroatoms. The molecule has 0 fully saturated rings. The Morgan fingerprint density at radius 3 is 2.00 bits per heavy atom. The SMILES string of the molecule is CC/C=C/CCCCCCCCC(C)C. The van der Waals surface area contributed by atoms with Gasteiger partial charge in [-0.3, -0.25) is 0 Å². The number of allylic oxidation sites excluding steroid dienone is 2. The Balaban J connectivity index is 2.96. The second-order valence-corrected chi connectivity index (χ2v) is 4.97. The molecule has 0 aromatic heterocycles. The summed E-state index contributed by atoms with van der Waals surface area (Å²) in [6.45, 7) is 6.84. The summed E-state index contributed by atoms with van der Waals surface area (Å²) in [5.74, 6) is 0.893. The first-order valence-electron chi connectivity index (χ1n) is 6.92. The molecule has 0 aromatic carbocycles. The third kappa shape index (κ3) is 13.7. The average Bonchev–Trinajstić information content (AvgIpc) is 2.20. The van der Waals surface area contributed by atoms with Gasteiger partial charge in [0, 0.05) is 0 Å². The average molecular weight is 210 g/mol. The molecule has 0 saturated heterocycles. The van der Waals surface area contributed by atoms with Gasteiger partial charge in [-0.1, -0.05) is 71.4 Å². The van der Waals surface area contributed by atoms with Crippen LogP contribution in [0.15, 0.2) is 12.2 Å². The summed E-state index contributed by atoms with van der Waals surface area (Å²) >= 11 is 0. The van der Waals surface area contributed by atoms with Crippen molar-refractivity contribution in [1.82, 2.24) is 0 Å². The molecule has 0 aliphatic heterocycles. The molecule has 0 radical (unpaired) electrons. The predicted octanol–water partition coefficient (Wildman–Crippen LogP) is 5.73. The van der Waals surface area contributed by atoms with Crippen LogP contribution in [-0.4, -0.2) is 0 Å². The van der Waals surface area contributed by atoms with Gasteiger partial charge in [-0.05, 0) is 25.2 Å². The molecule has 0 aliphatic carbocycles. The minimum atomic E-state index is 0.893. The maximum absolute atomic E-state index is 2.33. The Hall–Kier alpha value is -0.260. The first-order valence-corrected chi connectivity index (χ1v) is 6.92. The monoisotopic (exact) mass is 210 g/mol. The second-order valence-electron chi connectivity index (χ2n) is 4.97. The number of hydrogen-bond acceptors (Lipinski definition) is 0. The van der Waals surface area contributed by atoms with E-state index in [9.17, 15) is 0 Å². The molecular formula is C15H30. The fourth-order valence-corrected chi connectivity index (χ4v) is 1.81. The highest BCUT2D eigenvalue weighted by atomic mass is 14.0. The summed E-state index contributed by atoms with van der Waals surface area (Å²) in [4.78, 5) is 0. The van der Waals surface area contributed by atoms with Crippen LogP contribution < -0.4 is 0 Å². The molecular weight excluding hydrogens is 180 g/mol. The molecule has 0 atom stereocenters. The van der Waals surface area contributed by atoms with Crippen molar-refractivity contribution in [1.29, 1.82) is 0 Å². The largest absolute Gasteiger partial charge is 0.0888 e. The van der Waals surface area contributed by atoms with Gasteiger partial charge in [0.1, 0.15) is 0 Å². The van der Waals surface area contributed by atoms with Crippen LogP contribution in [0, 0.1) is 5.92 Å². The molecule has 0 aliphatic rings. The number of rotatable bonds is 10. The van der Waals surface area contributed by atoms with E-state index in [4.69, 9.17) is 0 Å². The summed E-state index contributed by atoms with van der Waals surface area (Å²) < 4.78 is 0. The van der Waals surface area contributed by atoms with E-state index in [1.54, 1.807) is 0 Å². The lowest BCUT2D eigenvalue weighted by atomic mass is 10.0. The number of unbranched alkanes of at least 4 members (excludes halogenated alkanes) is 6. The van der Waals surface area contributed by atoms with E-state index in [1.807, 2.05) is 0 Å². The second kappa shape index (κ2) is 11.8. The molecule has 15 heavy (non-hydrogen) atoms. The predicted molar refractivity (Wildman–Crippen MR) is 71.2 cm³/mol. The van der Waals surface area contributed by atoms with Crippen molar-refractivity contribution in [3.05, 3.63) is 12.2 Å². The van der Waals surface area contributed by atoms with Crippen molar-refractivity contribution >= 4 is 0 Å². The summed E-state index contributed by atoms with van der Waals surface area (Å²) in [6.07, 6.45) is 17.1. The Bertz CT molecular complexity index is 133. The third-order valence-corrected chi connectivity index (χ3v) is 2.80. The van der Waals surface area contributed by atoms with Crippen LogP contribution >= 0.6 is 0 Å². The highest BCUT2D eigenvalue weighted by Crippen LogP contribution is 2.12. The van der Waals surface area contributed by atoms with Crippen molar-refractivity contribution in [2.75, 3.05) is 0 Å². The van der Waals surface area contributed by atoms with E-state index in [2.05, 4.69) is 32.9 Å². The number of hydrogen-bond donors (Lipinski definition) is 0. The lowest BCUT2D eigenvalue weighted by Crippen LogP contribution is -1.87.